The Morgan fingerprint density at radius 3 is 2.07 bits per heavy atom. The van der Waals surface area contributed by atoms with Crippen LogP contribution in [0.3, 0.4) is 0 Å². The Morgan fingerprint density at radius 1 is 1.14 bits per heavy atom. The summed E-state index contributed by atoms with van der Waals surface area (Å²) in [6.45, 7) is 0. The van der Waals surface area contributed by atoms with E-state index in [0.717, 1.165) is 0 Å². The van der Waals surface area contributed by atoms with E-state index in [1.165, 1.54) is 0 Å². The third-order valence-electron chi connectivity index (χ3n) is 1.53. The van der Waals surface area contributed by atoms with Crippen molar-refractivity contribution in [2.75, 3.05) is 5.73 Å². The van der Waals surface area contributed by atoms with Gasteiger partial charge < -0.3 is 21.1 Å². The molecular weight excluding hydrogens is 214 g/mol. The van der Waals surface area contributed by atoms with Crippen LogP contribution >= 0.6 is 0 Å². The molecule has 0 aliphatic carbocycles. The van der Waals surface area contributed by atoms with Gasteiger partial charge in [0.2, 0.25) is 0 Å². The van der Waals surface area contributed by atoms with Crippen molar-refractivity contribution in [2.45, 2.75) is 4.90 Å². The number of phenols is 3. The molecule has 0 bridgehead atoms. The van der Waals surface area contributed by atoms with E-state index in [4.69, 9.17) is 25.6 Å². The first kappa shape index (κ1) is 10.4. The summed E-state index contributed by atoms with van der Waals surface area (Å²) in [6.07, 6.45) is 0. The first-order valence-corrected chi connectivity index (χ1v) is 4.70. The van der Waals surface area contributed by atoms with Crippen molar-refractivity contribution >= 4 is 15.8 Å². The highest BCUT2D eigenvalue weighted by Gasteiger charge is 2.22. The van der Waals surface area contributed by atoms with Crippen molar-refractivity contribution in [1.29, 1.82) is 0 Å². The summed E-state index contributed by atoms with van der Waals surface area (Å²) in [5.74, 6) is -2.87. The topological polar surface area (TPSA) is 141 Å². The molecule has 0 unspecified atom stereocenters. The average molecular weight is 221 g/mol. The Labute approximate surface area is 78.8 Å². The molecule has 1 rings (SSSR count). The van der Waals surface area contributed by atoms with Crippen LogP contribution in [0, 0.1) is 0 Å². The van der Waals surface area contributed by atoms with Crippen molar-refractivity contribution in [3.8, 4) is 17.2 Å². The molecular formula is C6H7NO6S. The van der Waals surface area contributed by atoms with Gasteiger partial charge in [0.1, 0.15) is 16.3 Å². The van der Waals surface area contributed by atoms with Gasteiger partial charge in [0.15, 0.2) is 11.5 Å². The van der Waals surface area contributed by atoms with E-state index in [-0.39, 0.29) is 0 Å². The predicted octanol–water partition coefficient (Wildman–Crippen LogP) is -0.368. The summed E-state index contributed by atoms with van der Waals surface area (Å²) in [4.78, 5) is -1.01. The molecule has 1 aromatic carbocycles. The van der Waals surface area contributed by atoms with Crippen molar-refractivity contribution in [2.24, 2.45) is 0 Å². The van der Waals surface area contributed by atoms with Gasteiger partial charge in [-0.15, -0.1) is 0 Å². The van der Waals surface area contributed by atoms with Crippen molar-refractivity contribution < 1.29 is 28.3 Å². The molecule has 0 amide bonds. The SMILES string of the molecule is Nc1c(O)cc(S(=O)(=O)O)c(O)c1O. The largest absolute Gasteiger partial charge is 0.506 e. The van der Waals surface area contributed by atoms with Gasteiger partial charge in [0, 0.05) is 6.07 Å². The Hall–Kier alpha value is -1.67. The minimum absolute atomic E-state index is 0.528. The average Bonchev–Trinajstić information content (AvgIpc) is 2.06. The Morgan fingerprint density at radius 2 is 1.64 bits per heavy atom. The first-order valence-electron chi connectivity index (χ1n) is 3.26. The minimum Gasteiger partial charge on any atom is -0.506 e. The zero-order valence-corrected chi connectivity index (χ0v) is 7.48. The van der Waals surface area contributed by atoms with Gasteiger partial charge in [-0.25, -0.2) is 0 Å². The molecule has 8 heteroatoms. The highest BCUT2D eigenvalue weighted by Crippen LogP contribution is 2.42. The lowest BCUT2D eigenvalue weighted by Crippen LogP contribution is -2.00. The van der Waals surface area contributed by atoms with Gasteiger partial charge in [-0.1, -0.05) is 0 Å². The minimum atomic E-state index is -4.72. The van der Waals surface area contributed by atoms with Crippen molar-refractivity contribution in [3.63, 3.8) is 0 Å². The van der Waals surface area contributed by atoms with Gasteiger partial charge in [0.25, 0.3) is 10.1 Å². The molecule has 0 saturated heterocycles. The van der Waals surface area contributed by atoms with Crippen LogP contribution in [0.25, 0.3) is 0 Å². The van der Waals surface area contributed by atoms with Crippen LogP contribution in [0.5, 0.6) is 17.2 Å². The third kappa shape index (κ3) is 1.52. The number of anilines is 1. The second-order valence-corrected chi connectivity index (χ2v) is 3.87. The van der Waals surface area contributed by atoms with Crippen molar-refractivity contribution in [1.82, 2.24) is 0 Å². The lowest BCUT2D eigenvalue weighted by Gasteiger charge is -2.07. The van der Waals surface area contributed by atoms with Crippen LogP contribution < -0.4 is 5.73 Å². The quantitative estimate of drug-likeness (QED) is 0.188. The maximum atomic E-state index is 10.6. The number of hydrogen-bond donors (Lipinski definition) is 5. The van der Waals surface area contributed by atoms with E-state index >= 15 is 0 Å². The second kappa shape index (κ2) is 2.93. The number of hydrogen-bond acceptors (Lipinski definition) is 6. The highest BCUT2D eigenvalue weighted by molar-refractivity contribution is 7.86. The number of benzene rings is 1. The van der Waals surface area contributed by atoms with Crippen LogP contribution in [0.1, 0.15) is 0 Å². The fourth-order valence-electron chi connectivity index (χ4n) is 0.832. The summed E-state index contributed by atoms with van der Waals surface area (Å²) in [5, 5.41) is 27.1. The molecule has 0 heterocycles. The van der Waals surface area contributed by atoms with E-state index < -0.39 is 37.9 Å². The van der Waals surface area contributed by atoms with Gasteiger partial charge >= 0.3 is 0 Å². The molecule has 14 heavy (non-hydrogen) atoms. The maximum Gasteiger partial charge on any atom is 0.298 e. The summed E-state index contributed by atoms with van der Waals surface area (Å²) >= 11 is 0. The number of aromatic hydroxyl groups is 3. The summed E-state index contributed by atoms with van der Waals surface area (Å²) in [6, 6.07) is 0.528. The molecule has 0 aliphatic heterocycles. The first-order chi connectivity index (χ1) is 6.25. The van der Waals surface area contributed by atoms with Crippen molar-refractivity contribution in [3.05, 3.63) is 6.07 Å². The zero-order valence-electron chi connectivity index (χ0n) is 6.67. The molecule has 0 aromatic heterocycles. The van der Waals surface area contributed by atoms with Crippen LogP contribution in [0.15, 0.2) is 11.0 Å². The van der Waals surface area contributed by atoms with Gasteiger partial charge in [-0.2, -0.15) is 8.42 Å². The number of phenolic OH excluding ortho intramolecular Hbond substituents is 3. The third-order valence-corrected chi connectivity index (χ3v) is 2.40. The lowest BCUT2D eigenvalue weighted by molar-refractivity contribution is 0.384. The molecule has 0 atom stereocenters. The molecule has 0 aliphatic rings. The number of nitrogens with two attached hydrogens (primary N) is 1. The van der Waals surface area contributed by atoms with E-state index in [1.54, 1.807) is 0 Å². The molecule has 6 N–H and O–H groups in total. The number of nitrogen functional groups attached to an aromatic ring is 1. The van der Waals surface area contributed by atoms with Gasteiger partial charge in [0.05, 0.1) is 0 Å². The van der Waals surface area contributed by atoms with Gasteiger partial charge in [-0.05, 0) is 0 Å². The molecule has 7 nitrogen and oxygen atoms in total. The van der Waals surface area contributed by atoms with E-state index in [1.807, 2.05) is 0 Å². The molecule has 0 saturated carbocycles. The Kier molecular flexibility index (Phi) is 2.18. The van der Waals surface area contributed by atoms with E-state index in [2.05, 4.69) is 0 Å². The van der Waals surface area contributed by atoms with E-state index in [0.29, 0.717) is 6.07 Å². The van der Waals surface area contributed by atoms with Crippen LogP contribution in [-0.4, -0.2) is 28.3 Å². The summed E-state index contributed by atoms with van der Waals surface area (Å²) < 4.78 is 29.8. The lowest BCUT2D eigenvalue weighted by atomic mass is 10.2. The van der Waals surface area contributed by atoms with Gasteiger partial charge in [-0.3, -0.25) is 4.55 Å². The smallest absolute Gasteiger partial charge is 0.298 e. The standard InChI is InChI=1S/C6H7NO6S/c7-4-2(8)1-3(14(11,12)13)5(9)6(4)10/h1,8-10H,7H2,(H,11,12,13). The highest BCUT2D eigenvalue weighted by atomic mass is 32.2. The molecule has 1 aromatic rings. The predicted molar refractivity (Wildman–Crippen MR) is 45.7 cm³/mol. The molecule has 78 valence electrons. The summed E-state index contributed by atoms with van der Waals surface area (Å²) in [5.41, 5.74) is 4.48. The summed E-state index contributed by atoms with van der Waals surface area (Å²) in [7, 11) is -4.72. The van der Waals surface area contributed by atoms with Crippen LogP contribution in [0.4, 0.5) is 5.69 Å². The Balaban J connectivity index is 3.66. The fourth-order valence-corrected chi connectivity index (χ4v) is 1.43. The normalized spacial score (nSPS) is 11.5. The second-order valence-electron chi connectivity index (χ2n) is 2.48. The molecule has 0 radical (unpaired) electrons. The number of rotatable bonds is 1. The van der Waals surface area contributed by atoms with Crippen LogP contribution in [0.2, 0.25) is 0 Å². The fraction of sp³-hybridized carbons (Fsp3) is 0. The van der Waals surface area contributed by atoms with E-state index in [9.17, 15) is 8.42 Å². The molecule has 0 fully saturated rings. The maximum absolute atomic E-state index is 10.6. The Bertz CT molecular complexity index is 480. The zero-order chi connectivity index (χ0) is 11.1. The molecule has 0 spiro atoms. The van der Waals surface area contributed by atoms with Crippen LogP contribution in [-0.2, 0) is 10.1 Å². The monoisotopic (exact) mass is 221 g/mol.